The molecule has 0 spiro atoms. The normalized spacial score (nSPS) is 22.2. The first-order valence-corrected chi connectivity index (χ1v) is 11.5. The highest BCUT2D eigenvalue weighted by atomic mass is 32.2. The molecule has 0 aromatic heterocycles. The average molecular weight is 437 g/mol. The van der Waals surface area contributed by atoms with Gasteiger partial charge >= 0.3 is 0 Å². The number of fused-ring (bicyclic) bond motifs is 1. The van der Waals surface area contributed by atoms with Crippen LogP contribution in [0.25, 0.3) is 6.08 Å². The van der Waals surface area contributed by atoms with Crippen molar-refractivity contribution < 1.29 is 14.3 Å². The molecule has 1 aliphatic carbocycles. The first-order chi connectivity index (χ1) is 15.0. The molecule has 1 N–H and O–H groups in total. The van der Waals surface area contributed by atoms with Crippen molar-refractivity contribution in [2.45, 2.75) is 43.5 Å². The summed E-state index contributed by atoms with van der Waals surface area (Å²) in [6, 6.07) is 13.4. The fraction of sp³-hybridized carbons (Fsp3) is 0.360. The molecule has 0 radical (unpaired) electrons. The average Bonchev–Trinajstić information content (AvgIpc) is 2.78. The fourth-order valence-electron chi connectivity index (χ4n) is 4.20. The highest BCUT2D eigenvalue weighted by Gasteiger charge is 2.28. The van der Waals surface area contributed by atoms with Gasteiger partial charge in [-0.25, -0.2) is 0 Å². The Morgan fingerprint density at radius 3 is 2.77 bits per heavy atom. The van der Waals surface area contributed by atoms with E-state index in [1.807, 2.05) is 48.5 Å². The van der Waals surface area contributed by atoms with Crippen LogP contribution in [0.2, 0.25) is 0 Å². The number of hydrogen-bond donors (Lipinski definition) is 1. The first-order valence-electron chi connectivity index (χ1n) is 10.7. The highest BCUT2D eigenvalue weighted by molar-refractivity contribution is 8.04. The third kappa shape index (κ3) is 4.64. The molecule has 5 nitrogen and oxygen atoms in total. The number of amides is 2. The van der Waals surface area contributed by atoms with Crippen molar-refractivity contribution in [3.05, 3.63) is 58.5 Å². The SMILES string of the molecule is COc1cccc(/C=C2\Sc3ccc(C(=O)N[C@H]4CCCC[C@H]4C)cc3N(C)C2=O)c1. The lowest BCUT2D eigenvalue weighted by atomic mass is 9.86. The Hall–Kier alpha value is -2.73. The summed E-state index contributed by atoms with van der Waals surface area (Å²) >= 11 is 1.43. The molecule has 162 valence electrons. The number of nitrogens with zero attached hydrogens (tertiary/aromatic N) is 1. The van der Waals surface area contributed by atoms with Crippen LogP contribution in [-0.4, -0.2) is 32.0 Å². The van der Waals surface area contributed by atoms with Crippen molar-refractivity contribution in [1.29, 1.82) is 0 Å². The molecule has 31 heavy (non-hydrogen) atoms. The molecule has 2 aromatic rings. The number of hydrogen-bond acceptors (Lipinski definition) is 4. The Balaban J connectivity index is 1.55. The highest BCUT2D eigenvalue weighted by Crippen LogP contribution is 2.42. The maximum atomic E-state index is 13.0. The monoisotopic (exact) mass is 436 g/mol. The van der Waals surface area contributed by atoms with E-state index in [1.54, 1.807) is 19.1 Å². The van der Waals surface area contributed by atoms with Crippen LogP contribution < -0.4 is 15.0 Å². The van der Waals surface area contributed by atoms with Gasteiger partial charge in [0.2, 0.25) is 0 Å². The summed E-state index contributed by atoms with van der Waals surface area (Å²) in [5, 5.41) is 3.20. The molecule has 1 aliphatic heterocycles. The maximum absolute atomic E-state index is 13.0. The van der Waals surface area contributed by atoms with Gasteiger partial charge in [0.25, 0.3) is 11.8 Å². The number of rotatable bonds is 4. The molecule has 4 rings (SSSR count). The zero-order valence-corrected chi connectivity index (χ0v) is 19.0. The quantitative estimate of drug-likeness (QED) is 0.677. The van der Waals surface area contributed by atoms with Crippen LogP contribution in [-0.2, 0) is 4.79 Å². The largest absolute Gasteiger partial charge is 0.497 e. The zero-order chi connectivity index (χ0) is 22.0. The topological polar surface area (TPSA) is 58.6 Å². The second-order valence-corrected chi connectivity index (χ2v) is 9.36. The van der Waals surface area contributed by atoms with Crippen molar-refractivity contribution in [2.75, 3.05) is 19.1 Å². The van der Waals surface area contributed by atoms with Gasteiger partial charge in [-0.2, -0.15) is 0 Å². The number of likely N-dealkylation sites (N-methyl/N-ethyl adjacent to an activating group) is 1. The number of ether oxygens (including phenoxy) is 1. The molecule has 1 saturated carbocycles. The second kappa shape index (κ2) is 9.18. The van der Waals surface area contributed by atoms with Crippen molar-refractivity contribution >= 4 is 35.3 Å². The molecular formula is C25H28N2O3S. The third-order valence-electron chi connectivity index (χ3n) is 6.14. The van der Waals surface area contributed by atoms with Crippen LogP contribution in [0.4, 0.5) is 5.69 Å². The molecular weight excluding hydrogens is 408 g/mol. The molecule has 2 atom stereocenters. The number of methoxy groups -OCH3 is 1. The van der Waals surface area contributed by atoms with Gasteiger partial charge in [-0.3, -0.25) is 9.59 Å². The van der Waals surface area contributed by atoms with E-state index in [9.17, 15) is 9.59 Å². The lowest BCUT2D eigenvalue weighted by molar-refractivity contribution is -0.114. The molecule has 2 aromatic carbocycles. The fourth-order valence-corrected chi connectivity index (χ4v) is 5.29. The third-order valence-corrected chi connectivity index (χ3v) is 7.21. The molecule has 2 amide bonds. The molecule has 0 unspecified atom stereocenters. The minimum Gasteiger partial charge on any atom is -0.497 e. The van der Waals surface area contributed by atoms with E-state index in [0.29, 0.717) is 16.4 Å². The summed E-state index contributed by atoms with van der Waals surface area (Å²) in [7, 11) is 3.38. The minimum atomic E-state index is -0.0845. The van der Waals surface area contributed by atoms with Crippen molar-refractivity contribution in [3.8, 4) is 5.75 Å². The van der Waals surface area contributed by atoms with E-state index in [0.717, 1.165) is 41.2 Å². The van der Waals surface area contributed by atoms with Crippen LogP contribution in [0, 0.1) is 5.92 Å². The Morgan fingerprint density at radius 2 is 2.00 bits per heavy atom. The Bertz CT molecular complexity index is 1030. The summed E-state index contributed by atoms with van der Waals surface area (Å²) in [5.41, 5.74) is 2.27. The van der Waals surface area contributed by atoms with E-state index >= 15 is 0 Å². The van der Waals surface area contributed by atoms with E-state index < -0.39 is 0 Å². The standard InChI is InChI=1S/C25H28N2O3S/c1-16-7-4-5-10-20(16)26-24(28)18-11-12-22-21(15-18)27(2)25(29)23(31-22)14-17-8-6-9-19(13-17)30-3/h6,8-9,11-16,20H,4-5,7,10H2,1-3H3,(H,26,28)/b23-14-/t16-,20+/m1/s1. The number of nitrogens with one attached hydrogen (secondary N) is 1. The van der Waals surface area contributed by atoms with Crippen molar-refractivity contribution in [1.82, 2.24) is 5.32 Å². The number of carbonyl (C=O) groups is 2. The summed E-state index contributed by atoms with van der Waals surface area (Å²) in [5.74, 6) is 1.10. The van der Waals surface area contributed by atoms with Gasteiger partial charge in [-0.05, 0) is 60.7 Å². The first kappa shape index (κ1) is 21.5. The smallest absolute Gasteiger partial charge is 0.264 e. The second-order valence-electron chi connectivity index (χ2n) is 8.28. The number of anilines is 1. The maximum Gasteiger partial charge on any atom is 0.264 e. The van der Waals surface area contributed by atoms with Gasteiger partial charge in [0.1, 0.15) is 5.75 Å². The van der Waals surface area contributed by atoms with Gasteiger partial charge in [0.05, 0.1) is 17.7 Å². The van der Waals surface area contributed by atoms with E-state index in [2.05, 4.69) is 12.2 Å². The summed E-state index contributed by atoms with van der Waals surface area (Å²) < 4.78 is 5.28. The minimum absolute atomic E-state index is 0.0647. The lowest BCUT2D eigenvalue weighted by Crippen LogP contribution is -2.41. The molecule has 1 heterocycles. The Labute approximate surface area is 187 Å². The van der Waals surface area contributed by atoms with Crippen LogP contribution in [0.3, 0.4) is 0 Å². The van der Waals surface area contributed by atoms with Gasteiger partial charge in [-0.15, -0.1) is 0 Å². The van der Waals surface area contributed by atoms with Gasteiger partial charge in [0, 0.05) is 23.5 Å². The summed E-state index contributed by atoms with van der Waals surface area (Å²) in [6.45, 7) is 2.20. The summed E-state index contributed by atoms with van der Waals surface area (Å²) in [6.07, 6.45) is 6.47. The van der Waals surface area contributed by atoms with Crippen molar-refractivity contribution in [2.24, 2.45) is 5.92 Å². The van der Waals surface area contributed by atoms with Gasteiger partial charge in [-0.1, -0.05) is 43.7 Å². The summed E-state index contributed by atoms with van der Waals surface area (Å²) in [4.78, 5) is 29.1. The van der Waals surface area contributed by atoms with Crippen LogP contribution in [0.15, 0.2) is 52.3 Å². The van der Waals surface area contributed by atoms with Crippen LogP contribution >= 0.6 is 11.8 Å². The Kier molecular flexibility index (Phi) is 6.37. The number of benzene rings is 2. The lowest BCUT2D eigenvalue weighted by Gasteiger charge is -2.30. The van der Waals surface area contributed by atoms with Gasteiger partial charge in [0.15, 0.2) is 0 Å². The predicted octanol–water partition coefficient (Wildman–Crippen LogP) is 5.11. The van der Waals surface area contributed by atoms with E-state index in [-0.39, 0.29) is 17.9 Å². The molecule has 2 aliphatic rings. The molecule has 0 bridgehead atoms. The predicted molar refractivity (Wildman–Crippen MR) is 126 cm³/mol. The van der Waals surface area contributed by atoms with E-state index in [4.69, 9.17) is 4.74 Å². The van der Waals surface area contributed by atoms with Crippen LogP contribution in [0.1, 0.15) is 48.5 Å². The van der Waals surface area contributed by atoms with Crippen LogP contribution in [0.5, 0.6) is 5.75 Å². The number of thioether (sulfide) groups is 1. The molecule has 6 heteroatoms. The van der Waals surface area contributed by atoms with Crippen molar-refractivity contribution in [3.63, 3.8) is 0 Å². The van der Waals surface area contributed by atoms with E-state index in [1.165, 1.54) is 18.2 Å². The Morgan fingerprint density at radius 1 is 1.19 bits per heavy atom. The number of carbonyl (C=O) groups excluding carboxylic acids is 2. The molecule has 0 saturated heterocycles. The van der Waals surface area contributed by atoms with Gasteiger partial charge < -0.3 is 15.0 Å². The molecule has 1 fully saturated rings. The zero-order valence-electron chi connectivity index (χ0n) is 18.2.